The fourth-order valence-corrected chi connectivity index (χ4v) is 5.50. The Morgan fingerprint density at radius 3 is 2.77 bits per heavy atom. The lowest BCUT2D eigenvalue weighted by Gasteiger charge is -2.21. The summed E-state index contributed by atoms with van der Waals surface area (Å²) in [6.45, 7) is 2.56. The van der Waals surface area contributed by atoms with E-state index in [1.165, 1.54) is 0 Å². The molecule has 3 atom stereocenters. The second-order valence-electron chi connectivity index (χ2n) is 9.80. The molecule has 2 unspecified atom stereocenters. The van der Waals surface area contributed by atoms with E-state index in [-0.39, 0.29) is 18.6 Å². The summed E-state index contributed by atoms with van der Waals surface area (Å²) < 4.78 is 30.6. The van der Waals surface area contributed by atoms with Crippen molar-refractivity contribution in [2.24, 2.45) is 18.9 Å². The molecule has 4 heterocycles. The summed E-state index contributed by atoms with van der Waals surface area (Å²) in [5, 5.41) is 17.2. The van der Waals surface area contributed by atoms with Crippen molar-refractivity contribution in [2.45, 2.75) is 44.9 Å². The molecule has 11 heteroatoms. The van der Waals surface area contributed by atoms with Crippen LogP contribution in [0.5, 0.6) is 0 Å². The van der Waals surface area contributed by atoms with Crippen LogP contribution in [0.25, 0.3) is 0 Å². The Morgan fingerprint density at radius 2 is 2.06 bits per heavy atom. The summed E-state index contributed by atoms with van der Waals surface area (Å²) in [6.07, 6.45) is 5.03. The van der Waals surface area contributed by atoms with Gasteiger partial charge in [0.25, 0.3) is 11.8 Å². The number of nitrogens with zero attached hydrogens (tertiary/aromatic N) is 6. The van der Waals surface area contributed by atoms with Crippen molar-refractivity contribution in [1.29, 1.82) is 0 Å². The predicted molar refractivity (Wildman–Crippen MR) is 122 cm³/mol. The molecular formula is C24H27F2N7O2. The van der Waals surface area contributed by atoms with Gasteiger partial charge in [0.2, 0.25) is 0 Å². The van der Waals surface area contributed by atoms with Crippen LogP contribution in [-0.4, -0.2) is 54.3 Å². The van der Waals surface area contributed by atoms with E-state index in [4.69, 9.17) is 0 Å². The maximum Gasteiger partial charge on any atom is 0.258 e. The number of pyridine rings is 1. The molecule has 0 radical (unpaired) electrons. The molecule has 1 saturated carbocycles. The fraction of sp³-hybridized carbons (Fsp3) is 0.500. The van der Waals surface area contributed by atoms with E-state index in [0.29, 0.717) is 36.7 Å². The number of piperidine rings is 1. The largest absolute Gasteiger partial charge is 0.390 e. The van der Waals surface area contributed by atoms with Crippen LogP contribution in [0.15, 0.2) is 24.7 Å². The normalized spacial score (nSPS) is 23.9. The van der Waals surface area contributed by atoms with E-state index >= 15 is 0 Å². The van der Waals surface area contributed by atoms with E-state index in [2.05, 4.69) is 20.4 Å². The Morgan fingerprint density at radius 1 is 1.29 bits per heavy atom. The number of nitrogens with one attached hydrogen (secondary N) is 1. The zero-order valence-electron chi connectivity index (χ0n) is 19.6. The summed E-state index contributed by atoms with van der Waals surface area (Å²) in [7, 11) is 1.94. The fourth-order valence-electron chi connectivity index (χ4n) is 5.50. The maximum absolute atomic E-state index is 13.5. The number of carbonyl (C=O) groups excluding carboxylic acids is 1. The minimum atomic E-state index is -2.52. The Kier molecular flexibility index (Phi) is 4.96. The molecule has 2 aliphatic carbocycles. The molecule has 3 aromatic heterocycles. The summed E-state index contributed by atoms with van der Waals surface area (Å²) in [5.74, 6) is -3.21. The molecule has 6 rings (SSSR count). The third-order valence-corrected chi connectivity index (χ3v) is 7.67. The van der Waals surface area contributed by atoms with Gasteiger partial charge in [0, 0.05) is 37.7 Å². The summed E-state index contributed by atoms with van der Waals surface area (Å²) in [6, 6.07) is 3.60. The van der Waals surface area contributed by atoms with Crippen molar-refractivity contribution in [3.05, 3.63) is 58.6 Å². The van der Waals surface area contributed by atoms with E-state index in [9.17, 15) is 18.7 Å². The van der Waals surface area contributed by atoms with Crippen LogP contribution >= 0.6 is 0 Å². The number of halogens is 2. The first-order chi connectivity index (χ1) is 16.8. The molecule has 2 fully saturated rings. The lowest BCUT2D eigenvalue weighted by Crippen LogP contribution is -2.28. The predicted octanol–water partition coefficient (Wildman–Crippen LogP) is 1.98. The van der Waals surface area contributed by atoms with Crippen LogP contribution in [0.1, 0.15) is 51.2 Å². The number of aliphatic hydroxyl groups excluding tert-OH is 1. The highest BCUT2D eigenvalue weighted by Gasteiger charge is 2.71. The number of alkyl halides is 2. The number of aliphatic hydroxyl groups is 1. The number of amides is 1. The molecule has 0 aromatic carbocycles. The Bertz CT molecular complexity index is 1300. The highest BCUT2D eigenvalue weighted by molar-refractivity contribution is 5.95. The van der Waals surface area contributed by atoms with Crippen LogP contribution in [0.3, 0.4) is 0 Å². The second-order valence-corrected chi connectivity index (χ2v) is 9.80. The third kappa shape index (κ3) is 3.60. The Balaban J connectivity index is 1.15. The molecule has 0 spiro atoms. The van der Waals surface area contributed by atoms with Crippen molar-refractivity contribution in [3.8, 4) is 0 Å². The van der Waals surface area contributed by atoms with Gasteiger partial charge in [-0.25, -0.2) is 18.7 Å². The quantitative estimate of drug-likeness (QED) is 0.556. The van der Waals surface area contributed by atoms with Crippen LogP contribution in [-0.2, 0) is 26.6 Å². The number of hydrogen-bond acceptors (Lipinski definition) is 6. The average Bonchev–Trinajstić information content (AvgIpc) is 3.45. The number of aromatic nitrogens is 5. The van der Waals surface area contributed by atoms with Gasteiger partial charge in [0.15, 0.2) is 0 Å². The van der Waals surface area contributed by atoms with Crippen LogP contribution < -0.4 is 10.2 Å². The number of fused-ring (bicyclic) bond motifs is 2. The lowest BCUT2D eigenvalue weighted by molar-refractivity contribution is 0.0796. The van der Waals surface area contributed by atoms with Crippen molar-refractivity contribution in [3.63, 3.8) is 0 Å². The van der Waals surface area contributed by atoms with E-state index in [0.717, 1.165) is 35.5 Å². The van der Waals surface area contributed by atoms with Crippen molar-refractivity contribution in [2.75, 3.05) is 18.0 Å². The second kappa shape index (κ2) is 7.84. The van der Waals surface area contributed by atoms with Crippen molar-refractivity contribution in [1.82, 2.24) is 29.6 Å². The molecule has 2 N–H and O–H groups in total. The van der Waals surface area contributed by atoms with Gasteiger partial charge in [-0.1, -0.05) is 6.07 Å². The average molecular weight is 484 g/mol. The van der Waals surface area contributed by atoms with E-state index < -0.39 is 17.8 Å². The molecule has 0 bridgehead atoms. The summed E-state index contributed by atoms with van der Waals surface area (Å²) in [4.78, 5) is 24.0. The highest BCUT2D eigenvalue weighted by Crippen LogP contribution is 2.59. The minimum absolute atomic E-state index is 0.163. The third-order valence-electron chi connectivity index (χ3n) is 7.67. The number of hydrogen-bond donors (Lipinski definition) is 2. The monoisotopic (exact) mass is 483 g/mol. The first-order valence-corrected chi connectivity index (χ1v) is 11.8. The van der Waals surface area contributed by atoms with Crippen molar-refractivity contribution < 1.29 is 18.7 Å². The highest BCUT2D eigenvalue weighted by atomic mass is 19.3. The number of imidazole rings is 1. The Hall–Kier alpha value is -3.34. The van der Waals surface area contributed by atoms with Gasteiger partial charge >= 0.3 is 0 Å². The molecule has 3 aromatic rings. The molecule has 1 aliphatic heterocycles. The topological polar surface area (TPSA) is 101 Å². The molecule has 3 aliphatic rings. The number of anilines is 1. The number of carbonyl (C=O) groups is 1. The van der Waals surface area contributed by atoms with Gasteiger partial charge in [-0.3, -0.25) is 9.48 Å². The van der Waals surface area contributed by atoms with Crippen LogP contribution in [0.4, 0.5) is 14.6 Å². The molecule has 1 amide bonds. The molecule has 1 saturated heterocycles. The van der Waals surface area contributed by atoms with Crippen LogP contribution in [0, 0.1) is 18.8 Å². The van der Waals surface area contributed by atoms with Gasteiger partial charge in [-0.15, -0.1) is 0 Å². The zero-order valence-corrected chi connectivity index (χ0v) is 19.6. The zero-order chi connectivity index (χ0) is 24.5. The standard InChI is InChI=1S/C24H27F2N7O2/c1-13-14(3-6-21(28-13)32-9-16-17(10-32)24(16,25)26)7-33-8-15(19(11-34)30-33)23(35)29-18-4-5-20-22(18)27-12-31(20)2/h3,6,8,12,16-18,34H,4-5,7,9-11H2,1-2H3,(H,29,35)/t16?,17?,18-/m1/s1. The van der Waals surface area contributed by atoms with E-state index in [1.807, 2.05) is 35.6 Å². The van der Waals surface area contributed by atoms with Gasteiger partial charge in [-0.05, 0) is 31.4 Å². The molecule has 9 nitrogen and oxygen atoms in total. The van der Waals surface area contributed by atoms with Crippen molar-refractivity contribution >= 4 is 11.7 Å². The number of aryl methyl sites for hydroxylation is 2. The van der Waals surface area contributed by atoms with Gasteiger partial charge < -0.3 is 19.9 Å². The first-order valence-electron chi connectivity index (χ1n) is 11.8. The number of rotatable bonds is 6. The SMILES string of the molecule is Cc1nc(N2CC3C(C2)C3(F)F)ccc1Cn1cc(C(=O)N[C@@H]2CCc3c2ncn3C)c(CO)n1. The molecule has 184 valence electrons. The summed E-state index contributed by atoms with van der Waals surface area (Å²) >= 11 is 0. The lowest BCUT2D eigenvalue weighted by atomic mass is 10.2. The maximum atomic E-state index is 13.5. The molecule has 35 heavy (non-hydrogen) atoms. The first kappa shape index (κ1) is 22.1. The van der Waals surface area contributed by atoms with Crippen LogP contribution in [0.2, 0.25) is 0 Å². The van der Waals surface area contributed by atoms with Gasteiger partial charge in [0.05, 0.1) is 48.6 Å². The minimum Gasteiger partial charge on any atom is -0.390 e. The van der Waals surface area contributed by atoms with E-state index in [1.54, 1.807) is 17.2 Å². The summed E-state index contributed by atoms with van der Waals surface area (Å²) in [5.41, 5.74) is 4.32. The Labute approximate surface area is 200 Å². The smallest absolute Gasteiger partial charge is 0.258 e. The van der Waals surface area contributed by atoms with Gasteiger partial charge in [-0.2, -0.15) is 5.10 Å². The van der Waals surface area contributed by atoms with Gasteiger partial charge in [0.1, 0.15) is 11.5 Å². The molecular weight excluding hydrogens is 456 g/mol.